The Kier molecular flexibility index (Phi) is 6.29. The third-order valence-corrected chi connectivity index (χ3v) is 7.39. The molecule has 2 aromatic heterocycles. The second-order valence-corrected chi connectivity index (χ2v) is 9.48. The Morgan fingerprint density at radius 1 is 1.06 bits per heavy atom. The molecule has 3 saturated carbocycles. The number of hydrogen-bond acceptors (Lipinski definition) is 5. The number of nitrogens with zero attached hydrogens (tertiary/aromatic N) is 3. The summed E-state index contributed by atoms with van der Waals surface area (Å²) in [4.78, 5) is 45.2. The van der Waals surface area contributed by atoms with Crippen LogP contribution in [0, 0.1) is 0 Å². The van der Waals surface area contributed by atoms with Crippen LogP contribution in [0.15, 0.2) is 9.59 Å². The van der Waals surface area contributed by atoms with Gasteiger partial charge in [-0.15, -0.1) is 0 Å². The number of ether oxygens (including phenoxy) is 1. The summed E-state index contributed by atoms with van der Waals surface area (Å²) >= 11 is 0. The van der Waals surface area contributed by atoms with Gasteiger partial charge in [0.15, 0.2) is 5.65 Å². The van der Waals surface area contributed by atoms with Crippen LogP contribution in [0.2, 0.25) is 0 Å². The summed E-state index contributed by atoms with van der Waals surface area (Å²) in [6.45, 7) is 5.13. The van der Waals surface area contributed by atoms with E-state index in [0.29, 0.717) is 30.7 Å². The van der Waals surface area contributed by atoms with Gasteiger partial charge in [0.05, 0.1) is 18.6 Å². The molecular weight excluding hydrogens is 412 g/mol. The van der Waals surface area contributed by atoms with Crippen LogP contribution in [0.5, 0.6) is 0 Å². The van der Waals surface area contributed by atoms with Crippen LogP contribution < -0.4 is 11.2 Å². The number of carboxylic acids is 1. The maximum absolute atomic E-state index is 13.1. The van der Waals surface area contributed by atoms with Gasteiger partial charge in [0.25, 0.3) is 5.56 Å². The van der Waals surface area contributed by atoms with E-state index in [1.807, 2.05) is 13.8 Å². The highest BCUT2D eigenvalue weighted by atomic mass is 16.5. The predicted molar refractivity (Wildman–Crippen MR) is 120 cm³/mol. The average molecular weight is 447 g/mol. The van der Waals surface area contributed by atoms with Gasteiger partial charge in [0, 0.05) is 18.5 Å². The number of H-pyrrole nitrogens is 1. The molecule has 2 aromatic rings. The van der Waals surface area contributed by atoms with Gasteiger partial charge in [-0.2, -0.15) is 0 Å². The highest BCUT2D eigenvalue weighted by Gasteiger charge is 2.48. The van der Waals surface area contributed by atoms with Crippen LogP contribution in [0.25, 0.3) is 11.2 Å². The Hall–Kier alpha value is -2.42. The van der Waals surface area contributed by atoms with Crippen molar-refractivity contribution in [3.05, 3.63) is 26.7 Å². The molecule has 9 heteroatoms. The number of nitrogens with one attached hydrogen (secondary N) is 1. The normalized spacial score (nSPS) is 25.3. The van der Waals surface area contributed by atoms with Crippen LogP contribution in [0.3, 0.4) is 0 Å². The standard InChI is InChI=1S/C23H34N4O5/c1-3-13-26-18-17(19(30)27(14-4-2)21(26)31)24-20(25-18)22-7-5-8-23(11-9-22,12-10-22)32-15-6-16(28)29/h3-15H2,1-2H3,(H,24,25)(H,28,29). The van der Waals surface area contributed by atoms with E-state index in [4.69, 9.17) is 14.8 Å². The molecule has 2 heterocycles. The molecule has 0 aliphatic heterocycles. The summed E-state index contributed by atoms with van der Waals surface area (Å²) < 4.78 is 9.07. The number of aromatic amines is 1. The monoisotopic (exact) mass is 446 g/mol. The number of rotatable bonds is 9. The Labute approximate surface area is 186 Å². The molecule has 0 amide bonds. The minimum absolute atomic E-state index is 0.0233. The molecule has 2 N–H and O–H groups in total. The van der Waals surface area contributed by atoms with E-state index in [-0.39, 0.29) is 35.3 Å². The van der Waals surface area contributed by atoms with Gasteiger partial charge in [-0.1, -0.05) is 13.8 Å². The first kappa shape index (κ1) is 22.8. The molecule has 0 unspecified atom stereocenters. The maximum atomic E-state index is 13.1. The third kappa shape index (κ3) is 3.91. The van der Waals surface area contributed by atoms with Crippen molar-refractivity contribution in [3.8, 4) is 0 Å². The first-order valence-corrected chi connectivity index (χ1v) is 11.9. The summed E-state index contributed by atoms with van der Waals surface area (Å²) in [7, 11) is 0. The average Bonchev–Trinajstić information content (AvgIpc) is 3.04. The number of aryl methyl sites for hydroxylation is 1. The number of imidazole rings is 1. The van der Waals surface area contributed by atoms with Crippen LogP contribution in [0.4, 0.5) is 0 Å². The largest absolute Gasteiger partial charge is 0.481 e. The lowest BCUT2D eigenvalue weighted by Gasteiger charge is -2.41. The van der Waals surface area contributed by atoms with E-state index in [1.54, 1.807) is 4.57 Å². The number of carbonyl (C=O) groups is 1. The minimum atomic E-state index is -0.839. The molecule has 3 fully saturated rings. The predicted octanol–water partition coefficient (Wildman–Crippen LogP) is 2.93. The third-order valence-electron chi connectivity index (χ3n) is 7.39. The van der Waals surface area contributed by atoms with Gasteiger partial charge < -0.3 is 14.8 Å². The first-order valence-electron chi connectivity index (χ1n) is 11.9. The number of aromatic nitrogens is 4. The first-order chi connectivity index (χ1) is 15.3. The zero-order chi connectivity index (χ0) is 22.9. The second-order valence-electron chi connectivity index (χ2n) is 9.48. The molecule has 0 saturated heterocycles. The van der Waals surface area contributed by atoms with Gasteiger partial charge in [-0.05, 0) is 57.8 Å². The smallest absolute Gasteiger partial charge is 0.332 e. The fourth-order valence-electron chi connectivity index (χ4n) is 5.62. The van der Waals surface area contributed by atoms with Crippen molar-refractivity contribution in [2.45, 2.75) is 102 Å². The van der Waals surface area contributed by atoms with E-state index in [9.17, 15) is 14.4 Å². The van der Waals surface area contributed by atoms with Gasteiger partial charge >= 0.3 is 11.7 Å². The Balaban J connectivity index is 1.69. The Morgan fingerprint density at radius 2 is 1.75 bits per heavy atom. The fraction of sp³-hybridized carbons (Fsp3) is 0.739. The fourth-order valence-corrected chi connectivity index (χ4v) is 5.62. The molecule has 5 rings (SSSR count). The van der Waals surface area contributed by atoms with Crippen LogP contribution in [-0.4, -0.2) is 42.4 Å². The highest BCUT2D eigenvalue weighted by molar-refractivity contribution is 5.70. The summed E-state index contributed by atoms with van der Waals surface area (Å²) in [6.07, 6.45) is 7.79. The van der Waals surface area contributed by atoms with Crippen LogP contribution in [0.1, 0.15) is 83.9 Å². The van der Waals surface area contributed by atoms with Gasteiger partial charge in [0.2, 0.25) is 0 Å². The lowest BCUT2D eigenvalue weighted by molar-refractivity contribution is -0.141. The molecule has 32 heavy (non-hydrogen) atoms. The molecule has 0 spiro atoms. The van der Waals surface area contributed by atoms with Crippen molar-refractivity contribution < 1.29 is 14.6 Å². The second kappa shape index (κ2) is 8.84. The number of aliphatic carboxylic acids is 1. The molecule has 0 aromatic carbocycles. The van der Waals surface area contributed by atoms with E-state index in [1.165, 1.54) is 4.57 Å². The summed E-state index contributed by atoms with van der Waals surface area (Å²) in [5.74, 6) is -0.0292. The van der Waals surface area contributed by atoms with E-state index in [0.717, 1.165) is 57.2 Å². The minimum Gasteiger partial charge on any atom is -0.481 e. The lowest BCUT2D eigenvalue weighted by atomic mass is 9.69. The molecular formula is C23H34N4O5. The quantitative estimate of drug-likeness (QED) is 0.611. The Morgan fingerprint density at radius 3 is 2.41 bits per heavy atom. The lowest BCUT2D eigenvalue weighted by Crippen LogP contribution is -2.40. The topological polar surface area (TPSA) is 119 Å². The van der Waals surface area contributed by atoms with Crippen molar-refractivity contribution in [1.82, 2.24) is 19.1 Å². The number of fused-ring (bicyclic) bond motifs is 5. The molecule has 0 atom stereocenters. The zero-order valence-corrected chi connectivity index (χ0v) is 19.1. The van der Waals surface area contributed by atoms with Gasteiger partial charge in [-0.25, -0.2) is 9.78 Å². The molecule has 2 bridgehead atoms. The van der Waals surface area contributed by atoms with Crippen molar-refractivity contribution in [3.63, 3.8) is 0 Å². The van der Waals surface area contributed by atoms with Crippen molar-refractivity contribution in [2.24, 2.45) is 0 Å². The van der Waals surface area contributed by atoms with Gasteiger partial charge in [0.1, 0.15) is 11.3 Å². The molecule has 3 aliphatic carbocycles. The van der Waals surface area contributed by atoms with E-state index < -0.39 is 5.97 Å². The summed E-state index contributed by atoms with van der Waals surface area (Å²) in [5.41, 5.74) is -0.0847. The zero-order valence-electron chi connectivity index (χ0n) is 19.1. The number of hydrogen-bond donors (Lipinski definition) is 2. The van der Waals surface area contributed by atoms with Crippen LogP contribution >= 0.6 is 0 Å². The van der Waals surface area contributed by atoms with Gasteiger partial charge in [-0.3, -0.25) is 18.7 Å². The Bertz CT molecular complexity index is 1100. The highest BCUT2D eigenvalue weighted by Crippen LogP contribution is 2.52. The summed E-state index contributed by atoms with van der Waals surface area (Å²) in [5, 5.41) is 8.94. The van der Waals surface area contributed by atoms with Crippen molar-refractivity contribution in [1.29, 1.82) is 0 Å². The number of carboxylic acid groups (broad SMARTS) is 1. The van der Waals surface area contributed by atoms with E-state index >= 15 is 0 Å². The molecule has 9 nitrogen and oxygen atoms in total. The molecule has 3 aliphatic rings. The van der Waals surface area contributed by atoms with Crippen molar-refractivity contribution >= 4 is 17.1 Å². The summed E-state index contributed by atoms with van der Waals surface area (Å²) in [6, 6.07) is 0. The van der Waals surface area contributed by atoms with Crippen LogP contribution in [-0.2, 0) is 28.0 Å². The van der Waals surface area contributed by atoms with Crippen molar-refractivity contribution in [2.75, 3.05) is 6.61 Å². The molecule has 0 radical (unpaired) electrons. The molecule has 176 valence electrons. The maximum Gasteiger partial charge on any atom is 0.332 e. The SMILES string of the molecule is CCCn1c(=O)c2[nH]c(C34CCCC(OCCC(=O)O)(CC3)CC4)nc2n(CCC)c1=O. The van der Waals surface area contributed by atoms with E-state index in [2.05, 4.69) is 4.98 Å².